The summed E-state index contributed by atoms with van der Waals surface area (Å²) < 4.78 is 1.04. The quantitative estimate of drug-likeness (QED) is 0.569. The van der Waals surface area contributed by atoms with Gasteiger partial charge in [0, 0.05) is 34.7 Å². The lowest BCUT2D eigenvalue weighted by molar-refractivity contribution is -0.384. The summed E-state index contributed by atoms with van der Waals surface area (Å²) in [5.41, 5.74) is 1.99. The largest absolute Gasteiger partial charge is 0.298 e. The van der Waals surface area contributed by atoms with Gasteiger partial charge >= 0.3 is 0 Å². The van der Waals surface area contributed by atoms with Crippen LogP contribution in [-0.4, -0.2) is 16.9 Å². The molecule has 0 spiro atoms. The van der Waals surface area contributed by atoms with Crippen molar-refractivity contribution >= 4 is 33.2 Å². The monoisotopic (exact) mass is 368 g/mol. The molecule has 0 fully saturated rings. The van der Waals surface area contributed by atoms with E-state index in [4.69, 9.17) is 11.6 Å². The molecule has 0 aliphatic carbocycles. The van der Waals surface area contributed by atoms with Gasteiger partial charge in [-0.1, -0.05) is 39.7 Å². The number of nitro groups is 1. The van der Waals surface area contributed by atoms with Crippen molar-refractivity contribution in [3.8, 4) is 0 Å². The van der Waals surface area contributed by atoms with Gasteiger partial charge in [-0.05, 0) is 36.4 Å². The molecule has 0 bridgehead atoms. The molecular weight excluding hydrogens is 356 g/mol. The zero-order valence-corrected chi connectivity index (χ0v) is 13.8. The van der Waals surface area contributed by atoms with E-state index in [1.807, 2.05) is 31.3 Å². The second kappa shape index (κ2) is 7.02. The van der Waals surface area contributed by atoms with Gasteiger partial charge in [-0.2, -0.15) is 0 Å². The molecule has 6 heteroatoms. The molecule has 0 amide bonds. The van der Waals surface area contributed by atoms with E-state index in [0.29, 0.717) is 11.6 Å². The van der Waals surface area contributed by atoms with E-state index in [0.717, 1.165) is 16.6 Å². The number of hydrogen-bond acceptors (Lipinski definition) is 3. The average Bonchev–Trinajstić information content (AvgIpc) is 2.43. The highest BCUT2D eigenvalue weighted by Crippen LogP contribution is 2.23. The van der Waals surface area contributed by atoms with Crippen molar-refractivity contribution in [2.45, 2.75) is 13.1 Å². The van der Waals surface area contributed by atoms with Crippen LogP contribution in [-0.2, 0) is 13.1 Å². The molecule has 0 aliphatic rings. The number of benzene rings is 2. The maximum atomic E-state index is 10.8. The minimum atomic E-state index is -0.408. The fourth-order valence-corrected chi connectivity index (χ4v) is 2.49. The summed E-state index contributed by atoms with van der Waals surface area (Å²) in [7, 11) is 1.96. The van der Waals surface area contributed by atoms with E-state index in [-0.39, 0.29) is 5.69 Å². The maximum Gasteiger partial charge on any atom is 0.269 e. The number of hydrogen-bond donors (Lipinski definition) is 0. The van der Waals surface area contributed by atoms with Crippen LogP contribution in [0.1, 0.15) is 11.1 Å². The van der Waals surface area contributed by atoms with Gasteiger partial charge in [-0.15, -0.1) is 0 Å². The molecule has 110 valence electrons. The molecular formula is C15H14BrClN2O2. The van der Waals surface area contributed by atoms with Crippen molar-refractivity contribution in [1.82, 2.24) is 4.90 Å². The second-order valence-electron chi connectivity index (χ2n) is 4.83. The van der Waals surface area contributed by atoms with E-state index in [2.05, 4.69) is 20.8 Å². The van der Waals surface area contributed by atoms with Gasteiger partial charge < -0.3 is 0 Å². The van der Waals surface area contributed by atoms with Crippen LogP contribution < -0.4 is 0 Å². The minimum absolute atomic E-state index is 0.0615. The van der Waals surface area contributed by atoms with E-state index >= 15 is 0 Å². The molecule has 2 aromatic carbocycles. The molecule has 0 heterocycles. The van der Waals surface area contributed by atoms with Gasteiger partial charge in [0.25, 0.3) is 5.69 Å². The SMILES string of the molecule is CN(Cc1ccc(Br)cc1)Cc1cc([N+](=O)[O-])ccc1Cl. The maximum absolute atomic E-state index is 10.8. The van der Waals surface area contributed by atoms with Crippen molar-refractivity contribution in [3.63, 3.8) is 0 Å². The Labute approximate surface area is 136 Å². The molecule has 0 aliphatic heterocycles. The van der Waals surface area contributed by atoms with Crippen LogP contribution in [0, 0.1) is 10.1 Å². The van der Waals surface area contributed by atoms with E-state index in [1.54, 1.807) is 6.07 Å². The standard InChI is InChI=1S/C15H14BrClN2O2/c1-18(9-11-2-4-13(16)5-3-11)10-12-8-14(19(20)21)6-7-15(12)17/h2-8H,9-10H2,1H3. The molecule has 0 radical (unpaired) electrons. The van der Waals surface area contributed by atoms with Crippen molar-refractivity contribution in [3.05, 3.63) is 73.2 Å². The van der Waals surface area contributed by atoms with E-state index < -0.39 is 4.92 Å². The number of rotatable bonds is 5. The van der Waals surface area contributed by atoms with Crippen LogP contribution in [0.25, 0.3) is 0 Å². The normalized spacial score (nSPS) is 10.9. The first kappa shape index (κ1) is 15.9. The third-order valence-electron chi connectivity index (χ3n) is 3.05. The van der Waals surface area contributed by atoms with Crippen molar-refractivity contribution in [1.29, 1.82) is 0 Å². The third-order valence-corrected chi connectivity index (χ3v) is 3.94. The Bertz CT molecular complexity index is 647. The molecule has 0 saturated carbocycles. The molecule has 2 rings (SSSR count). The Morgan fingerprint density at radius 1 is 1.19 bits per heavy atom. The Hall–Kier alpha value is -1.43. The highest BCUT2D eigenvalue weighted by atomic mass is 79.9. The van der Waals surface area contributed by atoms with Gasteiger partial charge in [0.2, 0.25) is 0 Å². The molecule has 4 nitrogen and oxygen atoms in total. The van der Waals surface area contributed by atoms with Gasteiger partial charge in [0.15, 0.2) is 0 Å². The summed E-state index contributed by atoms with van der Waals surface area (Å²) in [4.78, 5) is 12.5. The fourth-order valence-electron chi connectivity index (χ4n) is 2.04. The van der Waals surface area contributed by atoms with Crippen LogP contribution in [0.3, 0.4) is 0 Å². The minimum Gasteiger partial charge on any atom is -0.298 e. The first-order valence-corrected chi connectivity index (χ1v) is 7.48. The summed E-state index contributed by atoms with van der Waals surface area (Å²) in [6.07, 6.45) is 0. The summed E-state index contributed by atoms with van der Waals surface area (Å²) >= 11 is 9.51. The number of nitro benzene ring substituents is 1. The Morgan fingerprint density at radius 3 is 2.48 bits per heavy atom. The van der Waals surface area contributed by atoms with Crippen LogP contribution >= 0.6 is 27.5 Å². The molecule has 0 saturated heterocycles. The predicted octanol–water partition coefficient (Wildman–Crippen LogP) is 4.64. The van der Waals surface area contributed by atoms with E-state index in [9.17, 15) is 10.1 Å². The lowest BCUT2D eigenvalue weighted by atomic mass is 10.1. The third kappa shape index (κ3) is 4.52. The molecule has 0 aromatic heterocycles. The van der Waals surface area contributed by atoms with Crippen molar-refractivity contribution in [2.24, 2.45) is 0 Å². The zero-order valence-electron chi connectivity index (χ0n) is 11.4. The topological polar surface area (TPSA) is 46.4 Å². The first-order valence-electron chi connectivity index (χ1n) is 6.31. The Kier molecular flexibility index (Phi) is 5.33. The average molecular weight is 370 g/mol. The highest BCUT2D eigenvalue weighted by Gasteiger charge is 2.11. The lowest BCUT2D eigenvalue weighted by Gasteiger charge is -2.17. The number of nitrogens with zero attached hydrogens (tertiary/aromatic N) is 2. The second-order valence-corrected chi connectivity index (χ2v) is 6.15. The smallest absolute Gasteiger partial charge is 0.269 e. The van der Waals surface area contributed by atoms with Crippen LogP contribution in [0.15, 0.2) is 46.9 Å². The molecule has 2 aromatic rings. The summed E-state index contributed by atoms with van der Waals surface area (Å²) in [6.45, 7) is 1.29. The molecule has 0 atom stereocenters. The van der Waals surface area contributed by atoms with Crippen LogP contribution in [0.2, 0.25) is 5.02 Å². The van der Waals surface area contributed by atoms with Crippen LogP contribution in [0.5, 0.6) is 0 Å². The highest BCUT2D eigenvalue weighted by molar-refractivity contribution is 9.10. The number of non-ortho nitro benzene ring substituents is 1. The van der Waals surface area contributed by atoms with Crippen LogP contribution in [0.4, 0.5) is 5.69 Å². The predicted molar refractivity (Wildman–Crippen MR) is 87.4 cm³/mol. The summed E-state index contributed by atoms with van der Waals surface area (Å²) in [5.74, 6) is 0. The van der Waals surface area contributed by atoms with Crippen molar-refractivity contribution < 1.29 is 4.92 Å². The number of halogens is 2. The summed E-state index contributed by atoms with van der Waals surface area (Å²) in [6, 6.07) is 12.6. The Morgan fingerprint density at radius 2 is 1.86 bits per heavy atom. The fraction of sp³-hybridized carbons (Fsp3) is 0.200. The van der Waals surface area contributed by atoms with E-state index in [1.165, 1.54) is 17.7 Å². The van der Waals surface area contributed by atoms with Gasteiger partial charge in [-0.25, -0.2) is 0 Å². The molecule has 0 N–H and O–H groups in total. The van der Waals surface area contributed by atoms with Gasteiger partial charge in [0.1, 0.15) is 0 Å². The lowest BCUT2D eigenvalue weighted by Crippen LogP contribution is -2.17. The first-order chi connectivity index (χ1) is 9.95. The zero-order chi connectivity index (χ0) is 15.4. The molecule has 0 unspecified atom stereocenters. The van der Waals surface area contributed by atoms with Crippen molar-refractivity contribution in [2.75, 3.05) is 7.05 Å². The molecule has 21 heavy (non-hydrogen) atoms. The van der Waals surface area contributed by atoms with Gasteiger partial charge in [0.05, 0.1) is 4.92 Å². The Balaban J connectivity index is 2.08. The summed E-state index contributed by atoms with van der Waals surface area (Å²) in [5, 5.41) is 11.4. The van der Waals surface area contributed by atoms with Gasteiger partial charge in [-0.3, -0.25) is 15.0 Å².